The van der Waals surface area contributed by atoms with Crippen LogP contribution in [0, 0.1) is 0 Å². The molecule has 0 aliphatic heterocycles. The first kappa shape index (κ1) is 13.3. The first-order valence-corrected chi connectivity index (χ1v) is 6.23. The highest BCUT2D eigenvalue weighted by Crippen LogP contribution is 2.31. The summed E-state index contributed by atoms with van der Waals surface area (Å²) < 4.78 is 0. The van der Waals surface area contributed by atoms with Crippen molar-refractivity contribution in [3.63, 3.8) is 0 Å². The van der Waals surface area contributed by atoms with Crippen LogP contribution in [0.15, 0.2) is 18.2 Å². The number of rotatable bonds is 5. The smallest absolute Gasteiger partial charge is 0.0642 e. The second-order valence-corrected chi connectivity index (χ2v) is 4.57. The molecular weight excluding hydrogens is 220 g/mol. The number of nitrogens with zero attached hydrogens (tertiary/aromatic N) is 1. The van der Waals surface area contributed by atoms with Gasteiger partial charge in [-0.1, -0.05) is 23.7 Å². The summed E-state index contributed by atoms with van der Waals surface area (Å²) in [5.74, 6) is 0. The Morgan fingerprint density at radius 1 is 1.38 bits per heavy atom. The van der Waals surface area contributed by atoms with E-state index in [1.54, 1.807) is 0 Å². The van der Waals surface area contributed by atoms with Crippen molar-refractivity contribution in [1.29, 1.82) is 0 Å². The number of halogens is 1. The maximum atomic E-state index is 6.30. The molecule has 0 aliphatic rings. The average molecular weight is 241 g/mol. The van der Waals surface area contributed by atoms with Crippen LogP contribution in [0.1, 0.15) is 26.3 Å². The molecule has 90 valence electrons. The van der Waals surface area contributed by atoms with Gasteiger partial charge in [-0.05, 0) is 45.4 Å². The van der Waals surface area contributed by atoms with E-state index < -0.39 is 0 Å². The molecule has 0 bridgehead atoms. The summed E-state index contributed by atoms with van der Waals surface area (Å²) in [5.41, 5.74) is 8.02. The van der Waals surface area contributed by atoms with Crippen LogP contribution in [0.4, 0.5) is 5.69 Å². The minimum absolute atomic E-state index is 0.446. The van der Waals surface area contributed by atoms with E-state index in [0.717, 1.165) is 23.7 Å². The van der Waals surface area contributed by atoms with Crippen molar-refractivity contribution in [2.75, 3.05) is 18.0 Å². The van der Waals surface area contributed by atoms with Crippen LogP contribution in [-0.2, 0) is 6.42 Å². The minimum Gasteiger partial charge on any atom is -0.368 e. The van der Waals surface area contributed by atoms with Gasteiger partial charge in [0.25, 0.3) is 0 Å². The number of hydrogen-bond acceptors (Lipinski definition) is 2. The second kappa shape index (κ2) is 6.12. The van der Waals surface area contributed by atoms with Gasteiger partial charge in [-0.3, -0.25) is 0 Å². The van der Waals surface area contributed by atoms with Gasteiger partial charge in [0.05, 0.1) is 10.7 Å². The number of hydrogen-bond donors (Lipinski definition) is 1. The van der Waals surface area contributed by atoms with E-state index in [-0.39, 0.29) is 0 Å². The van der Waals surface area contributed by atoms with Gasteiger partial charge in [0.1, 0.15) is 0 Å². The molecule has 0 amide bonds. The van der Waals surface area contributed by atoms with Crippen LogP contribution < -0.4 is 10.6 Å². The number of para-hydroxylation sites is 1. The third-order valence-corrected chi connectivity index (χ3v) is 3.04. The molecule has 16 heavy (non-hydrogen) atoms. The van der Waals surface area contributed by atoms with Crippen LogP contribution in [0.25, 0.3) is 0 Å². The predicted molar refractivity (Wildman–Crippen MR) is 72.4 cm³/mol. The molecule has 0 spiro atoms. The number of anilines is 1. The molecule has 3 heteroatoms. The molecule has 0 unspecified atom stereocenters. The summed E-state index contributed by atoms with van der Waals surface area (Å²) in [6, 6.07) is 6.49. The lowest BCUT2D eigenvalue weighted by molar-refractivity contribution is 0.699. The molecule has 2 nitrogen and oxygen atoms in total. The molecule has 0 aliphatic carbocycles. The fourth-order valence-corrected chi connectivity index (χ4v) is 2.32. The Hall–Kier alpha value is -0.730. The lowest BCUT2D eigenvalue weighted by Gasteiger charge is -2.30. The molecule has 0 aromatic heterocycles. The fourth-order valence-electron chi connectivity index (χ4n) is 2.02. The first-order valence-electron chi connectivity index (χ1n) is 5.85. The van der Waals surface area contributed by atoms with E-state index in [9.17, 15) is 0 Å². The van der Waals surface area contributed by atoms with Crippen LogP contribution >= 0.6 is 11.6 Å². The molecule has 0 radical (unpaired) electrons. The van der Waals surface area contributed by atoms with Crippen LogP contribution in [-0.4, -0.2) is 19.1 Å². The molecule has 2 N–H and O–H groups in total. The zero-order valence-electron chi connectivity index (χ0n) is 10.3. The van der Waals surface area contributed by atoms with Crippen molar-refractivity contribution in [3.8, 4) is 0 Å². The van der Waals surface area contributed by atoms with Gasteiger partial charge < -0.3 is 10.6 Å². The van der Waals surface area contributed by atoms with Crippen LogP contribution in [0.3, 0.4) is 0 Å². The molecule has 0 atom stereocenters. The largest absolute Gasteiger partial charge is 0.368 e. The Morgan fingerprint density at radius 2 is 2.06 bits per heavy atom. The van der Waals surface area contributed by atoms with E-state index >= 15 is 0 Å². The molecule has 1 rings (SSSR count). The summed E-state index contributed by atoms with van der Waals surface area (Å²) in [6.45, 7) is 8.12. The summed E-state index contributed by atoms with van der Waals surface area (Å²) in [7, 11) is 0. The van der Waals surface area contributed by atoms with Crippen molar-refractivity contribution in [3.05, 3.63) is 28.8 Å². The molecule has 0 fully saturated rings. The van der Waals surface area contributed by atoms with E-state index in [1.165, 1.54) is 5.56 Å². The van der Waals surface area contributed by atoms with E-state index in [2.05, 4.69) is 31.7 Å². The third kappa shape index (κ3) is 2.89. The highest BCUT2D eigenvalue weighted by atomic mass is 35.5. The highest BCUT2D eigenvalue weighted by Gasteiger charge is 2.15. The van der Waals surface area contributed by atoms with E-state index in [0.29, 0.717) is 12.6 Å². The van der Waals surface area contributed by atoms with Crippen LogP contribution in [0.5, 0.6) is 0 Å². The zero-order chi connectivity index (χ0) is 12.1. The van der Waals surface area contributed by atoms with Gasteiger partial charge in [0.2, 0.25) is 0 Å². The lowest BCUT2D eigenvalue weighted by Crippen LogP contribution is -2.31. The van der Waals surface area contributed by atoms with Crippen LogP contribution in [0.2, 0.25) is 5.02 Å². The highest BCUT2D eigenvalue weighted by molar-refractivity contribution is 6.33. The van der Waals surface area contributed by atoms with Gasteiger partial charge >= 0.3 is 0 Å². The minimum atomic E-state index is 0.446. The Bertz CT molecular complexity index is 337. The lowest BCUT2D eigenvalue weighted by atomic mass is 10.1. The van der Waals surface area contributed by atoms with Crippen molar-refractivity contribution in [2.45, 2.75) is 33.2 Å². The van der Waals surface area contributed by atoms with Crippen molar-refractivity contribution < 1.29 is 0 Å². The predicted octanol–water partition coefficient (Wildman–Crippen LogP) is 3.08. The van der Waals surface area contributed by atoms with Gasteiger partial charge in [-0.2, -0.15) is 0 Å². The van der Waals surface area contributed by atoms with Crippen molar-refractivity contribution in [2.24, 2.45) is 5.73 Å². The third-order valence-electron chi connectivity index (χ3n) is 2.74. The number of nitrogens with two attached hydrogens (primary N) is 1. The summed E-state index contributed by atoms with van der Waals surface area (Å²) >= 11 is 6.30. The van der Waals surface area contributed by atoms with Crippen molar-refractivity contribution in [1.82, 2.24) is 0 Å². The monoisotopic (exact) mass is 240 g/mol. The Kier molecular flexibility index (Phi) is 5.10. The van der Waals surface area contributed by atoms with Gasteiger partial charge in [0.15, 0.2) is 0 Å². The second-order valence-electron chi connectivity index (χ2n) is 4.17. The molecular formula is C13H21ClN2. The average Bonchev–Trinajstić information content (AvgIpc) is 2.23. The van der Waals surface area contributed by atoms with Crippen molar-refractivity contribution >= 4 is 17.3 Å². The topological polar surface area (TPSA) is 29.3 Å². The summed E-state index contributed by atoms with van der Waals surface area (Å²) in [5, 5.41) is 0.821. The fraction of sp³-hybridized carbons (Fsp3) is 0.538. The quantitative estimate of drug-likeness (QED) is 0.857. The Balaban J connectivity index is 3.17. The molecule has 1 aromatic carbocycles. The summed E-state index contributed by atoms with van der Waals surface area (Å²) in [4.78, 5) is 2.31. The normalized spacial score (nSPS) is 10.9. The zero-order valence-corrected chi connectivity index (χ0v) is 11.1. The standard InChI is InChI=1S/C13H21ClN2/c1-4-16(10(2)3)13-11(8-9-15)6-5-7-12(13)14/h5-7,10H,4,8-9,15H2,1-3H3. The van der Waals surface area contributed by atoms with Gasteiger partial charge in [-0.15, -0.1) is 0 Å². The van der Waals surface area contributed by atoms with Gasteiger partial charge in [0, 0.05) is 12.6 Å². The molecule has 0 saturated carbocycles. The first-order chi connectivity index (χ1) is 7.61. The SMILES string of the molecule is CCN(c1c(Cl)cccc1CCN)C(C)C. The summed E-state index contributed by atoms with van der Waals surface area (Å²) in [6.07, 6.45) is 0.874. The maximum absolute atomic E-state index is 6.30. The Morgan fingerprint density at radius 3 is 2.56 bits per heavy atom. The van der Waals surface area contributed by atoms with E-state index in [4.69, 9.17) is 17.3 Å². The molecule has 0 heterocycles. The molecule has 1 aromatic rings. The molecule has 0 saturated heterocycles. The van der Waals surface area contributed by atoms with E-state index in [1.807, 2.05) is 12.1 Å². The maximum Gasteiger partial charge on any atom is 0.0642 e. The van der Waals surface area contributed by atoms with Gasteiger partial charge in [-0.25, -0.2) is 0 Å². The Labute approximate surface area is 103 Å². The number of benzene rings is 1.